The number of rotatable bonds is 8. The first-order chi connectivity index (χ1) is 42.0. The Morgan fingerprint density at radius 3 is 1.39 bits per heavy atom. The molecule has 0 saturated carbocycles. The summed E-state index contributed by atoms with van der Waals surface area (Å²) in [4.78, 5) is 99.2. The maximum atomic E-state index is 14.9. The fourth-order valence-electron chi connectivity index (χ4n) is 9.69. The highest BCUT2D eigenvalue weighted by molar-refractivity contribution is 6.22. The highest BCUT2D eigenvalue weighted by Crippen LogP contribution is 2.55. The molecule has 0 aliphatic carbocycles. The maximum absolute atomic E-state index is 14.9. The number of phenolic OH excluding ortho intramolecular Hbond substituents is 18. The summed E-state index contributed by atoms with van der Waals surface area (Å²) in [6.45, 7) is -1.43. The molecule has 2 aliphatic heterocycles. The number of carbonyl (C=O) groups is 5. The van der Waals surface area contributed by atoms with E-state index in [0.717, 1.165) is 6.07 Å². The largest absolute Gasteiger partial charge is 0.504 e. The van der Waals surface area contributed by atoms with Crippen LogP contribution in [0.3, 0.4) is 0 Å². The molecule has 4 heterocycles. The minimum Gasteiger partial charge on any atom is -0.504 e. The Balaban J connectivity index is 1.09. The van der Waals surface area contributed by atoms with Crippen LogP contribution in [0.1, 0.15) is 51.8 Å². The highest BCUT2D eigenvalue weighted by atomic mass is 16.7. The average Bonchev–Trinajstić information content (AvgIpc) is 0.928. The lowest BCUT2D eigenvalue weighted by Crippen LogP contribution is -2.63. The lowest BCUT2D eigenvalue weighted by atomic mass is 9.92. The molecule has 0 unspecified atom stereocenters. The molecule has 0 amide bonds. The van der Waals surface area contributed by atoms with Crippen LogP contribution < -0.4 is 16.0 Å². The number of phenols is 18. The van der Waals surface area contributed by atoms with E-state index < -0.39 is 265 Å². The Labute approximate surface area is 486 Å². The van der Waals surface area contributed by atoms with Gasteiger partial charge in [0.15, 0.2) is 104 Å². The predicted octanol–water partition coefficient (Wildman–Crippen LogP) is 3.38. The lowest BCUT2D eigenvalue weighted by molar-refractivity contribution is -0.282. The minimum absolute atomic E-state index is 0.283. The summed E-state index contributed by atoms with van der Waals surface area (Å²) in [7, 11) is 0. The SMILES string of the molecule is O=C(O[C@@H]1[C@@H](OC(=O)c2cc(O)c(O)c(O)c2)[C@H](OC(=O)c2cc(O)c(O)c(O)c2Oc2cc3c(=O)oc4c(O)c(O)cc5c(=O)oc(c2O)c3c45)O[C@@H]2COC(=O)c3cc(O)c(O)c(O)c3-c3c(cc(O)c(O)c3O)C(=O)O[C@@H]12)c1cc(O)c(O)c(O)c1. The van der Waals surface area contributed by atoms with Crippen LogP contribution in [-0.2, 0) is 28.4 Å². The van der Waals surface area contributed by atoms with Crippen molar-refractivity contribution in [2.75, 3.05) is 6.61 Å². The molecule has 34 nitrogen and oxygen atoms in total. The number of hydrogen-bond acceptors (Lipinski definition) is 34. The Morgan fingerprint density at radius 1 is 0.427 bits per heavy atom. The van der Waals surface area contributed by atoms with Gasteiger partial charge in [0.1, 0.15) is 18.3 Å². The molecule has 7 aromatic carbocycles. The van der Waals surface area contributed by atoms with Crippen LogP contribution >= 0.6 is 0 Å². The van der Waals surface area contributed by atoms with Gasteiger partial charge in [-0.15, -0.1) is 0 Å². The zero-order valence-corrected chi connectivity index (χ0v) is 43.4. The first kappa shape index (κ1) is 57.8. The van der Waals surface area contributed by atoms with Crippen LogP contribution in [0, 0.1) is 0 Å². The number of esters is 5. The first-order valence-electron chi connectivity index (χ1n) is 24.6. The van der Waals surface area contributed by atoms with Crippen molar-refractivity contribution >= 4 is 62.6 Å². The molecule has 11 rings (SSSR count). The standard InChI is InChI=1S/C55H34O34/c56-18-1-11(2-19(57)32(18)64)48(74)87-46-43-27(10-81-50(76)13-5-22(60)34(66)39(71)28(13)29-14(51(77)84-43)6-23(61)35(67)40(29)72)83-55(47(46)88-49(75)12-3-20(58)33(65)21(59)4-12)89-54(80)17-8-24(62)36(68)41(73)42(17)82-26-9-16-31-30-15(52(78)86-45(31)38(26)70)7-25(63)37(69)44(30)85-53(16)79/h1-9,27,43,46-47,55-73H,10H2/t27-,43-,46+,47-,55+/m1/s1. The molecule has 2 aromatic heterocycles. The number of hydrogen-bond donors (Lipinski definition) is 18. The van der Waals surface area contributed by atoms with Crippen LogP contribution in [0.25, 0.3) is 43.8 Å². The van der Waals surface area contributed by atoms with Gasteiger partial charge in [0.25, 0.3) is 0 Å². The highest BCUT2D eigenvalue weighted by Gasteiger charge is 2.56. The monoisotopic (exact) mass is 1240 g/mol. The molecular weight excluding hydrogens is 1200 g/mol. The van der Waals surface area contributed by atoms with Crippen molar-refractivity contribution in [2.24, 2.45) is 0 Å². The Hall–Kier alpha value is -13.0. The van der Waals surface area contributed by atoms with Crippen molar-refractivity contribution in [3.63, 3.8) is 0 Å². The van der Waals surface area contributed by atoms with Gasteiger partial charge in [0, 0.05) is 34.0 Å². The van der Waals surface area contributed by atoms with E-state index in [9.17, 15) is 125 Å². The summed E-state index contributed by atoms with van der Waals surface area (Å²) in [6.07, 6.45) is -13.5. The van der Waals surface area contributed by atoms with Crippen LogP contribution in [0.15, 0.2) is 73.0 Å². The van der Waals surface area contributed by atoms with Crippen LogP contribution in [-0.4, -0.2) is 159 Å². The van der Waals surface area contributed by atoms with Gasteiger partial charge in [-0.2, -0.15) is 0 Å². The van der Waals surface area contributed by atoms with Crippen molar-refractivity contribution in [1.82, 2.24) is 0 Å². The first-order valence-corrected chi connectivity index (χ1v) is 24.6. The summed E-state index contributed by atoms with van der Waals surface area (Å²) in [5, 5.41) is 190. The van der Waals surface area contributed by atoms with Crippen molar-refractivity contribution in [3.05, 3.63) is 103 Å². The van der Waals surface area contributed by atoms with Gasteiger partial charge < -0.3 is 134 Å². The number of cyclic esters (lactones) is 1. The molecule has 2 aliphatic rings. The third kappa shape index (κ3) is 9.24. The predicted molar refractivity (Wildman–Crippen MR) is 280 cm³/mol. The lowest BCUT2D eigenvalue weighted by Gasteiger charge is -2.43. The third-order valence-corrected chi connectivity index (χ3v) is 13.9. The van der Waals surface area contributed by atoms with E-state index in [1.54, 1.807) is 0 Å². The van der Waals surface area contributed by atoms with Gasteiger partial charge in [0.05, 0.1) is 33.0 Å². The molecule has 89 heavy (non-hydrogen) atoms. The van der Waals surface area contributed by atoms with E-state index >= 15 is 0 Å². The summed E-state index contributed by atoms with van der Waals surface area (Å²) < 4.78 is 50.2. The quantitative estimate of drug-likeness (QED) is 0.0341. The van der Waals surface area contributed by atoms with E-state index in [4.69, 9.17) is 42.0 Å². The average molecular weight is 1240 g/mol. The molecule has 5 atom stereocenters. The zero-order chi connectivity index (χ0) is 64.4. The molecule has 0 bridgehead atoms. The van der Waals surface area contributed by atoms with Gasteiger partial charge in [0.2, 0.25) is 46.9 Å². The van der Waals surface area contributed by atoms with Gasteiger partial charge >= 0.3 is 41.1 Å². The molecule has 0 radical (unpaired) electrons. The third-order valence-electron chi connectivity index (χ3n) is 13.9. The summed E-state index contributed by atoms with van der Waals surface area (Å²) in [5.41, 5.74) is -12.2. The fraction of sp³-hybridized carbons (Fsp3) is 0.109. The second kappa shape index (κ2) is 20.7. The number of benzene rings is 7. The van der Waals surface area contributed by atoms with Crippen molar-refractivity contribution in [3.8, 4) is 126 Å². The van der Waals surface area contributed by atoms with Gasteiger partial charge in [-0.3, -0.25) is 0 Å². The molecular formula is C55H34O34. The second-order valence-corrected chi connectivity index (χ2v) is 19.2. The number of aromatic hydroxyl groups is 18. The van der Waals surface area contributed by atoms with Gasteiger partial charge in [-0.25, -0.2) is 33.6 Å². The van der Waals surface area contributed by atoms with Crippen LogP contribution in [0.2, 0.25) is 0 Å². The van der Waals surface area contributed by atoms with Crippen LogP contribution in [0.5, 0.6) is 115 Å². The van der Waals surface area contributed by atoms with E-state index in [1.807, 2.05) is 0 Å². The maximum Gasteiger partial charge on any atom is 0.344 e. The number of fused-ring (bicyclic) bond motifs is 4. The molecule has 34 heteroatoms. The molecule has 0 spiro atoms. The second-order valence-electron chi connectivity index (χ2n) is 19.2. The van der Waals surface area contributed by atoms with Crippen molar-refractivity contribution < 1.29 is 158 Å². The van der Waals surface area contributed by atoms with Gasteiger partial charge in [-0.1, -0.05) is 0 Å². The molecule has 1 saturated heterocycles. The Kier molecular flexibility index (Phi) is 13.4. The summed E-state index contributed by atoms with van der Waals surface area (Å²) >= 11 is 0. The molecule has 18 N–H and O–H groups in total. The molecule has 9 aromatic rings. The summed E-state index contributed by atoms with van der Waals surface area (Å²) in [5.74, 6) is -35.4. The zero-order valence-electron chi connectivity index (χ0n) is 43.4. The van der Waals surface area contributed by atoms with E-state index in [2.05, 4.69) is 0 Å². The Morgan fingerprint density at radius 2 is 0.865 bits per heavy atom. The number of ether oxygens (including phenoxy) is 7. The van der Waals surface area contributed by atoms with Crippen molar-refractivity contribution in [2.45, 2.75) is 30.7 Å². The smallest absolute Gasteiger partial charge is 0.344 e. The molecule has 1 fully saturated rings. The van der Waals surface area contributed by atoms with E-state index in [-0.39, 0.29) is 6.07 Å². The van der Waals surface area contributed by atoms with E-state index in [1.165, 1.54) is 0 Å². The molecule has 458 valence electrons. The van der Waals surface area contributed by atoms with E-state index in [0.29, 0.717) is 42.5 Å². The van der Waals surface area contributed by atoms with Crippen LogP contribution in [0.4, 0.5) is 0 Å². The minimum atomic E-state index is -2.88. The normalized spacial score (nSPS) is 17.4. The van der Waals surface area contributed by atoms with Gasteiger partial charge in [-0.05, 0) is 42.5 Å². The number of carbonyl (C=O) groups excluding carboxylic acids is 5. The van der Waals surface area contributed by atoms with Crippen molar-refractivity contribution in [1.29, 1.82) is 0 Å². The Bertz CT molecular complexity index is 4700. The topological polar surface area (TPSA) is 575 Å². The fourth-order valence-corrected chi connectivity index (χ4v) is 9.69. The summed E-state index contributed by atoms with van der Waals surface area (Å²) in [6, 6.07) is 4.24.